The molecular weight excluding hydrogens is 244 g/mol. The molecule has 2 aromatic heterocycles. The molecule has 0 saturated heterocycles. The van der Waals surface area contributed by atoms with Crippen LogP contribution in [0.4, 0.5) is 0 Å². The van der Waals surface area contributed by atoms with Crippen LogP contribution in [-0.4, -0.2) is 34.2 Å². The van der Waals surface area contributed by atoms with Gasteiger partial charge in [-0.05, 0) is 17.7 Å². The van der Waals surface area contributed by atoms with Crippen LogP contribution in [0.1, 0.15) is 0 Å². The molecule has 0 saturated carbocycles. The van der Waals surface area contributed by atoms with Crippen molar-refractivity contribution in [2.45, 2.75) is 0 Å². The number of rotatable bonds is 3. The van der Waals surface area contributed by atoms with Gasteiger partial charge in [0.05, 0.1) is 31.6 Å². The Bertz CT molecular complexity index is 701. The summed E-state index contributed by atoms with van der Waals surface area (Å²) in [5, 5.41) is 0. The van der Waals surface area contributed by atoms with Crippen molar-refractivity contribution in [3.05, 3.63) is 30.9 Å². The standard InChI is InChI=1S/C13H12N4O2/c1-18-12-11(13(19-2)17-7-16-12)8-3-4-9-10(5-8)15-6-14-9/h3-7H,1-2H3,(H,14,15). The van der Waals surface area contributed by atoms with Crippen molar-refractivity contribution < 1.29 is 9.47 Å². The number of hydrogen-bond acceptors (Lipinski definition) is 5. The molecule has 0 unspecified atom stereocenters. The smallest absolute Gasteiger partial charge is 0.228 e. The van der Waals surface area contributed by atoms with Crippen LogP contribution in [0.2, 0.25) is 0 Å². The van der Waals surface area contributed by atoms with Crippen molar-refractivity contribution in [1.29, 1.82) is 0 Å². The summed E-state index contributed by atoms with van der Waals surface area (Å²) >= 11 is 0. The number of fused-ring (bicyclic) bond motifs is 1. The molecule has 1 N–H and O–H groups in total. The molecule has 19 heavy (non-hydrogen) atoms. The van der Waals surface area contributed by atoms with E-state index in [0.29, 0.717) is 11.8 Å². The van der Waals surface area contributed by atoms with Crippen LogP contribution in [0.5, 0.6) is 11.8 Å². The van der Waals surface area contributed by atoms with Crippen LogP contribution in [-0.2, 0) is 0 Å². The summed E-state index contributed by atoms with van der Waals surface area (Å²) in [6.07, 6.45) is 3.07. The number of ether oxygens (including phenoxy) is 2. The number of aromatic amines is 1. The van der Waals surface area contributed by atoms with Crippen LogP contribution < -0.4 is 9.47 Å². The van der Waals surface area contributed by atoms with Gasteiger partial charge in [-0.15, -0.1) is 0 Å². The van der Waals surface area contributed by atoms with E-state index in [1.54, 1.807) is 20.5 Å². The van der Waals surface area contributed by atoms with Crippen molar-refractivity contribution in [2.75, 3.05) is 14.2 Å². The fourth-order valence-electron chi connectivity index (χ4n) is 2.00. The number of methoxy groups -OCH3 is 2. The molecule has 3 rings (SSSR count). The summed E-state index contributed by atoms with van der Waals surface area (Å²) in [5.41, 5.74) is 3.47. The second-order valence-electron chi connectivity index (χ2n) is 3.90. The topological polar surface area (TPSA) is 72.9 Å². The van der Waals surface area contributed by atoms with E-state index in [0.717, 1.165) is 22.2 Å². The second kappa shape index (κ2) is 4.56. The number of aromatic nitrogens is 4. The fourth-order valence-corrected chi connectivity index (χ4v) is 2.00. The molecule has 2 heterocycles. The van der Waals surface area contributed by atoms with Gasteiger partial charge >= 0.3 is 0 Å². The Balaban J connectivity index is 2.24. The number of hydrogen-bond donors (Lipinski definition) is 1. The first-order valence-electron chi connectivity index (χ1n) is 5.70. The first-order valence-corrected chi connectivity index (χ1v) is 5.70. The van der Waals surface area contributed by atoms with Crippen LogP contribution in [0, 0.1) is 0 Å². The van der Waals surface area contributed by atoms with Crippen molar-refractivity contribution in [3.63, 3.8) is 0 Å². The Kier molecular flexibility index (Phi) is 2.75. The summed E-state index contributed by atoms with van der Waals surface area (Å²) in [4.78, 5) is 15.5. The largest absolute Gasteiger partial charge is 0.480 e. The highest BCUT2D eigenvalue weighted by molar-refractivity contribution is 5.84. The zero-order valence-electron chi connectivity index (χ0n) is 10.5. The fraction of sp³-hybridized carbons (Fsp3) is 0.154. The van der Waals surface area contributed by atoms with Gasteiger partial charge in [-0.3, -0.25) is 0 Å². The highest BCUT2D eigenvalue weighted by Crippen LogP contribution is 2.35. The Hall–Kier alpha value is -2.63. The molecule has 0 bridgehead atoms. The zero-order valence-corrected chi connectivity index (χ0v) is 10.5. The lowest BCUT2D eigenvalue weighted by Crippen LogP contribution is -1.97. The van der Waals surface area contributed by atoms with Gasteiger partial charge in [-0.25, -0.2) is 15.0 Å². The van der Waals surface area contributed by atoms with Crippen LogP contribution in [0.3, 0.4) is 0 Å². The molecule has 0 atom stereocenters. The quantitative estimate of drug-likeness (QED) is 0.776. The van der Waals surface area contributed by atoms with Crippen LogP contribution in [0.15, 0.2) is 30.9 Å². The summed E-state index contributed by atoms with van der Waals surface area (Å²) in [6.45, 7) is 0. The van der Waals surface area contributed by atoms with Crippen molar-refractivity contribution in [2.24, 2.45) is 0 Å². The molecule has 0 amide bonds. The zero-order chi connectivity index (χ0) is 13.2. The number of nitrogens with one attached hydrogen (secondary N) is 1. The first kappa shape index (κ1) is 11.5. The van der Waals surface area contributed by atoms with E-state index >= 15 is 0 Å². The molecule has 1 aromatic carbocycles. The second-order valence-corrected chi connectivity index (χ2v) is 3.90. The van der Waals surface area contributed by atoms with Gasteiger partial charge in [0, 0.05) is 0 Å². The third-order valence-corrected chi connectivity index (χ3v) is 2.87. The maximum Gasteiger partial charge on any atom is 0.228 e. The van der Waals surface area contributed by atoms with E-state index in [-0.39, 0.29) is 0 Å². The van der Waals surface area contributed by atoms with E-state index in [1.165, 1.54) is 6.33 Å². The molecule has 0 aliphatic heterocycles. The number of H-pyrrole nitrogens is 1. The van der Waals surface area contributed by atoms with Gasteiger partial charge in [-0.2, -0.15) is 0 Å². The lowest BCUT2D eigenvalue weighted by molar-refractivity contribution is 0.375. The molecule has 0 aliphatic rings. The molecule has 6 nitrogen and oxygen atoms in total. The van der Waals surface area contributed by atoms with E-state index < -0.39 is 0 Å². The third kappa shape index (κ3) is 1.87. The molecule has 0 radical (unpaired) electrons. The molecule has 0 aliphatic carbocycles. The highest BCUT2D eigenvalue weighted by Gasteiger charge is 2.15. The van der Waals surface area contributed by atoms with Crippen LogP contribution >= 0.6 is 0 Å². The van der Waals surface area contributed by atoms with Gasteiger partial charge in [0.1, 0.15) is 11.9 Å². The molecule has 3 aromatic rings. The number of nitrogens with zero attached hydrogens (tertiary/aromatic N) is 3. The van der Waals surface area contributed by atoms with Gasteiger partial charge in [0.25, 0.3) is 0 Å². The van der Waals surface area contributed by atoms with Crippen molar-refractivity contribution in [3.8, 4) is 22.9 Å². The minimum Gasteiger partial charge on any atom is -0.480 e. The number of benzene rings is 1. The molecule has 0 fully saturated rings. The molecule has 0 spiro atoms. The summed E-state index contributed by atoms with van der Waals surface area (Å²) < 4.78 is 10.6. The molecule has 96 valence electrons. The minimum atomic E-state index is 0.478. The SMILES string of the molecule is COc1ncnc(OC)c1-c1ccc2nc[nH]c2c1. The summed E-state index contributed by atoms with van der Waals surface area (Å²) in [7, 11) is 3.14. The van der Waals surface area contributed by atoms with Crippen molar-refractivity contribution in [1.82, 2.24) is 19.9 Å². The lowest BCUT2D eigenvalue weighted by atomic mass is 10.1. The van der Waals surface area contributed by atoms with Gasteiger partial charge in [-0.1, -0.05) is 6.07 Å². The monoisotopic (exact) mass is 256 g/mol. The highest BCUT2D eigenvalue weighted by atomic mass is 16.5. The minimum absolute atomic E-state index is 0.478. The van der Waals surface area contributed by atoms with Gasteiger partial charge in [0.15, 0.2) is 0 Å². The Morgan fingerprint density at radius 3 is 2.42 bits per heavy atom. The van der Waals surface area contributed by atoms with Gasteiger partial charge < -0.3 is 14.5 Å². The summed E-state index contributed by atoms with van der Waals surface area (Å²) in [5.74, 6) is 0.955. The van der Waals surface area contributed by atoms with E-state index in [2.05, 4.69) is 19.9 Å². The lowest BCUT2D eigenvalue weighted by Gasteiger charge is -2.10. The average molecular weight is 256 g/mol. The maximum absolute atomic E-state index is 5.28. The predicted octanol–water partition coefficient (Wildman–Crippen LogP) is 2.04. The Morgan fingerprint density at radius 1 is 1.00 bits per heavy atom. The molecular formula is C13H12N4O2. The van der Waals surface area contributed by atoms with Gasteiger partial charge in [0.2, 0.25) is 11.8 Å². The van der Waals surface area contributed by atoms with E-state index in [9.17, 15) is 0 Å². The number of imidazole rings is 1. The normalized spacial score (nSPS) is 10.6. The third-order valence-electron chi connectivity index (χ3n) is 2.87. The van der Waals surface area contributed by atoms with Crippen molar-refractivity contribution >= 4 is 11.0 Å². The Morgan fingerprint density at radius 2 is 1.74 bits per heavy atom. The van der Waals surface area contributed by atoms with Crippen LogP contribution in [0.25, 0.3) is 22.2 Å². The Labute approximate surface area is 109 Å². The molecule has 6 heteroatoms. The summed E-state index contributed by atoms with van der Waals surface area (Å²) in [6, 6.07) is 5.83. The average Bonchev–Trinajstić information content (AvgIpc) is 2.93. The van der Waals surface area contributed by atoms with E-state index in [1.807, 2.05) is 18.2 Å². The predicted molar refractivity (Wildman–Crippen MR) is 70.2 cm³/mol. The first-order chi connectivity index (χ1) is 9.33. The maximum atomic E-state index is 5.28. The van der Waals surface area contributed by atoms with E-state index in [4.69, 9.17) is 9.47 Å².